The van der Waals surface area contributed by atoms with Gasteiger partial charge in [0.25, 0.3) is 5.91 Å². The molecule has 7 heteroatoms. The Morgan fingerprint density at radius 1 is 1.50 bits per heavy atom. The second-order valence-electron chi connectivity index (χ2n) is 3.57. The summed E-state index contributed by atoms with van der Waals surface area (Å²) in [6.45, 7) is 1.48. The molecule has 0 radical (unpaired) electrons. The Balaban J connectivity index is 2.70. The molecular weight excluding hydrogens is 241 g/mol. The van der Waals surface area contributed by atoms with Crippen molar-refractivity contribution in [3.8, 4) is 5.75 Å². The number of halogens is 1. The fourth-order valence-electron chi connectivity index (χ4n) is 1.25. The molecule has 1 unspecified atom stereocenters. The van der Waals surface area contributed by atoms with Crippen LogP contribution in [0, 0.1) is 5.82 Å². The van der Waals surface area contributed by atoms with E-state index in [1.54, 1.807) is 0 Å². The van der Waals surface area contributed by atoms with Gasteiger partial charge in [0.2, 0.25) is 0 Å². The molecule has 0 aliphatic carbocycles. The summed E-state index contributed by atoms with van der Waals surface area (Å²) in [5, 5.41) is 1.86. The largest absolute Gasteiger partial charge is 0.481 e. The Morgan fingerprint density at radius 2 is 2.17 bits per heavy atom. The first-order chi connectivity index (χ1) is 8.43. The van der Waals surface area contributed by atoms with Crippen LogP contribution in [0.5, 0.6) is 5.75 Å². The third-order valence-corrected chi connectivity index (χ3v) is 2.17. The highest BCUT2D eigenvalue weighted by Crippen LogP contribution is 2.17. The lowest BCUT2D eigenvalue weighted by Gasteiger charge is -2.13. The van der Waals surface area contributed by atoms with Crippen LogP contribution in [0.15, 0.2) is 18.2 Å². The summed E-state index contributed by atoms with van der Waals surface area (Å²) >= 11 is 0. The van der Waals surface area contributed by atoms with E-state index in [0.717, 1.165) is 6.07 Å². The molecule has 0 bridgehead atoms. The molecule has 0 saturated heterocycles. The first kappa shape index (κ1) is 13.9. The van der Waals surface area contributed by atoms with Crippen molar-refractivity contribution >= 4 is 11.9 Å². The second kappa shape index (κ2) is 5.97. The Labute approximate surface area is 103 Å². The van der Waals surface area contributed by atoms with Gasteiger partial charge >= 0.3 is 6.03 Å². The first-order valence-electron chi connectivity index (χ1n) is 5.19. The summed E-state index contributed by atoms with van der Waals surface area (Å²) in [6, 6.07) is 3.10. The molecule has 18 heavy (non-hydrogen) atoms. The number of hydrogen-bond acceptors (Lipinski definition) is 4. The Morgan fingerprint density at radius 3 is 2.67 bits per heavy atom. The Hall–Kier alpha value is -2.15. The molecule has 5 N–H and O–H groups in total. The minimum absolute atomic E-state index is 0.0732. The molecule has 1 aromatic rings. The standard InChI is InChI=1S/C11H14FN3O3/c1-6(10(16)15-11(14)17)18-8-3-2-7(5-13)9(12)4-8/h2-4,6H,5,13H2,1H3,(H3,14,15,16,17). The lowest BCUT2D eigenvalue weighted by atomic mass is 10.2. The molecule has 98 valence electrons. The van der Waals surface area contributed by atoms with E-state index in [2.05, 4.69) is 0 Å². The van der Waals surface area contributed by atoms with Crippen molar-refractivity contribution in [1.82, 2.24) is 5.32 Å². The number of hydrogen-bond donors (Lipinski definition) is 3. The van der Waals surface area contributed by atoms with Gasteiger partial charge in [0.1, 0.15) is 11.6 Å². The van der Waals surface area contributed by atoms with Crippen LogP contribution < -0.4 is 21.5 Å². The van der Waals surface area contributed by atoms with Crippen molar-refractivity contribution in [3.05, 3.63) is 29.6 Å². The topological polar surface area (TPSA) is 107 Å². The van der Waals surface area contributed by atoms with Gasteiger partial charge in [-0.05, 0) is 13.0 Å². The second-order valence-corrected chi connectivity index (χ2v) is 3.57. The molecule has 0 fully saturated rings. The number of carbonyl (C=O) groups excluding carboxylic acids is 2. The third kappa shape index (κ3) is 3.70. The number of nitrogens with one attached hydrogen (secondary N) is 1. The van der Waals surface area contributed by atoms with Crippen LogP contribution in [0.4, 0.5) is 9.18 Å². The van der Waals surface area contributed by atoms with Gasteiger partial charge in [-0.1, -0.05) is 6.07 Å². The minimum Gasteiger partial charge on any atom is -0.481 e. The SMILES string of the molecule is CC(Oc1ccc(CN)c(F)c1)C(=O)NC(N)=O. The van der Waals surface area contributed by atoms with E-state index in [1.807, 2.05) is 5.32 Å². The molecule has 1 rings (SSSR count). The number of imide groups is 1. The highest BCUT2D eigenvalue weighted by Gasteiger charge is 2.16. The van der Waals surface area contributed by atoms with Crippen LogP contribution in [0.2, 0.25) is 0 Å². The molecule has 0 spiro atoms. The predicted octanol–water partition coefficient (Wildman–Crippen LogP) is 0.247. The Bertz CT molecular complexity index is 465. The zero-order chi connectivity index (χ0) is 13.7. The van der Waals surface area contributed by atoms with Crippen molar-refractivity contribution < 1.29 is 18.7 Å². The lowest BCUT2D eigenvalue weighted by molar-refractivity contribution is -0.126. The summed E-state index contributed by atoms with van der Waals surface area (Å²) in [5.74, 6) is -1.06. The lowest BCUT2D eigenvalue weighted by Crippen LogP contribution is -2.42. The number of primary amides is 1. The summed E-state index contributed by atoms with van der Waals surface area (Å²) in [7, 11) is 0. The summed E-state index contributed by atoms with van der Waals surface area (Å²) in [5.41, 5.74) is 10.4. The fourth-order valence-corrected chi connectivity index (χ4v) is 1.25. The van der Waals surface area contributed by atoms with Crippen LogP contribution in [-0.2, 0) is 11.3 Å². The summed E-state index contributed by atoms with van der Waals surface area (Å²) < 4.78 is 18.5. The van der Waals surface area contributed by atoms with Crippen molar-refractivity contribution in [2.75, 3.05) is 0 Å². The highest BCUT2D eigenvalue weighted by molar-refractivity contribution is 5.95. The number of ether oxygens (including phenoxy) is 1. The van der Waals surface area contributed by atoms with Gasteiger partial charge in [-0.25, -0.2) is 9.18 Å². The number of benzene rings is 1. The number of carbonyl (C=O) groups is 2. The van der Waals surface area contributed by atoms with Crippen LogP contribution >= 0.6 is 0 Å². The maximum Gasteiger partial charge on any atom is 0.318 e. The van der Waals surface area contributed by atoms with E-state index in [4.69, 9.17) is 16.2 Å². The normalized spacial score (nSPS) is 11.7. The predicted molar refractivity (Wildman–Crippen MR) is 62.1 cm³/mol. The molecule has 1 aromatic carbocycles. The smallest absolute Gasteiger partial charge is 0.318 e. The molecule has 0 aliphatic rings. The van der Waals surface area contributed by atoms with Gasteiger partial charge in [0.15, 0.2) is 6.10 Å². The van der Waals surface area contributed by atoms with Gasteiger partial charge < -0.3 is 16.2 Å². The van der Waals surface area contributed by atoms with Crippen molar-refractivity contribution in [1.29, 1.82) is 0 Å². The number of nitrogens with two attached hydrogens (primary N) is 2. The van der Waals surface area contributed by atoms with E-state index in [0.29, 0.717) is 5.56 Å². The highest BCUT2D eigenvalue weighted by atomic mass is 19.1. The quantitative estimate of drug-likeness (QED) is 0.716. The first-order valence-corrected chi connectivity index (χ1v) is 5.19. The minimum atomic E-state index is -0.972. The van der Waals surface area contributed by atoms with Crippen LogP contribution in [0.1, 0.15) is 12.5 Å². The zero-order valence-corrected chi connectivity index (χ0v) is 9.77. The Kier molecular flexibility index (Phi) is 4.61. The van der Waals surface area contributed by atoms with Crippen molar-refractivity contribution in [2.45, 2.75) is 19.6 Å². The molecule has 0 aromatic heterocycles. The average molecular weight is 255 g/mol. The fraction of sp³-hybridized carbons (Fsp3) is 0.273. The third-order valence-electron chi connectivity index (χ3n) is 2.17. The van der Waals surface area contributed by atoms with E-state index >= 15 is 0 Å². The van der Waals surface area contributed by atoms with Gasteiger partial charge in [0.05, 0.1) is 0 Å². The number of amides is 3. The summed E-state index contributed by atoms with van der Waals surface area (Å²) in [6.07, 6.45) is -0.972. The molecule has 0 saturated carbocycles. The van der Waals surface area contributed by atoms with Crippen LogP contribution in [-0.4, -0.2) is 18.0 Å². The van der Waals surface area contributed by atoms with E-state index in [-0.39, 0.29) is 12.3 Å². The molecule has 3 amide bonds. The van der Waals surface area contributed by atoms with Gasteiger partial charge in [-0.2, -0.15) is 0 Å². The maximum atomic E-state index is 13.4. The van der Waals surface area contributed by atoms with Crippen molar-refractivity contribution in [2.24, 2.45) is 11.5 Å². The molecular formula is C11H14FN3O3. The maximum absolute atomic E-state index is 13.4. The van der Waals surface area contributed by atoms with E-state index in [9.17, 15) is 14.0 Å². The number of rotatable bonds is 4. The van der Waals surface area contributed by atoms with E-state index in [1.165, 1.54) is 19.1 Å². The average Bonchev–Trinajstić information content (AvgIpc) is 2.28. The van der Waals surface area contributed by atoms with Gasteiger partial charge in [-0.15, -0.1) is 0 Å². The van der Waals surface area contributed by atoms with E-state index < -0.39 is 23.9 Å². The van der Waals surface area contributed by atoms with Gasteiger partial charge in [-0.3, -0.25) is 10.1 Å². The summed E-state index contributed by atoms with van der Waals surface area (Å²) in [4.78, 5) is 21.8. The zero-order valence-electron chi connectivity index (χ0n) is 9.77. The molecule has 1 atom stereocenters. The van der Waals surface area contributed by atoms with Crippen LogP contribution in [0.3, 0.4) is 0 Å². The monoisotopic (exact) mass is 255 g/mol. The molecule has 6 nitrogen and oxygen atoms in total. The van der Waals surface area contributed by atoms with Gasteiger partial charge in [0, 0.05) is 18.2 Å². The number of urea groups is 1. The molecule has 0 aliphatic heterocycles. The van der Waals surface area contributed by atoms with Crippen molar-refractivity contribution in [3.63, 3.8) is 0 Å². The molecule has 0 heterocycles. The van der Waals surface area contributed by atoms with Crippen LogP contribution in [0.25, 0.3) is 0 Å².